The first-order chi connectivity index (χ1) is 9.97. The number of halogens is 2. The lowest BCUT2D eigenvalue weighted by Crippen LogP contribution is -1.97. The van der Waals surface area contributed by atoms with Crippen LogP contribution < -0.4 is 0 Å². The number of carbonyl (C=O) groups is 1. The van der Waals surface area contributed by atoms with E-state index in [1.807, 2.05) is 24.3 Å². The van der Waals surface area contributed by atoms with Crippen LogP contribution in [0.4, 0.5) is 5.69 Å². The Morgan fingerprint density at radius 3 is 2.67 bits per heavy atom. The highest BCUT2D eigenvalue weighted by atomic mass is 79.9. The van der Waals surface area contributed by atoms with Crippen LogP contribution >= 0.6 is 27.5 Å². The molecule has 0 bridgehead atoms. The molecular formula is C15H9BrClNO3. The van der Waals surface area contributed by atoms with Gasteiger partial charge in [0.25, 0.3) is 5.69 Å². The molecule has 4 nitrogen and oxygen atoms in total. The molecule has 2 aromatic rings. The summed E-state index contributed by atoms with van der Waals surface area (Å²) in [6.45, 7) is 0. The average molecular weight is 367 g/mol. The molecule has 2 aromatic carbocycles. The van der Waals surface area contributed by atoms with E-state index in [1.54, 1.807) is 6.08 Å². The Morgan fingerprint density at radius 1 is 1.24 bits per heavy atom. The minimum atomic E-state index is -0.614. The van der Waals surface area contributed by atoms with E-state index in [0.29, 0.717) is 0 Å². The van der Waals surface area contributed by atoms with Crippen LogP contribution in [0.3, 0.4) is 0 Å². The summed E-state index contributed by atoms with van der Waals surface area (Å²) in [6, 6.07) is 11.4. The van der Waals surface area contributed by atoms with Crippen LogP contribution in [-0.4, -0.2) is 10.7 Å². The summed E-state index contributed by atoms with van der Waals surface area (Å²) in [5.41, 5.74) is 0.789. The molecule has 0 saturated heterocycles. The van der Waals surface area contributed by atoms with Crippen molar-refractivity contribution in [3.8, 4) is 0 Å². The van der Waals surface area contributed by atoms with Gasteiger partial charge in [0.1, 0.15) is 5.02 Å². The third-order valence-electron chi connectivity index (χ3n) is 2.70. The first-order valence-electron chi connectivity index (χ1n) is 5.89. The molecule has 0 unspecified atom stereocenters. The van der Waals surface area contributed by atoms with Crippen molar-refractivity contribution in [3.63, 3.8) is 0 Å². The fourth-order valence-electron chi connectivity index (χ4n) is 1.68. The molecule has 0 saturated carbocycles. The fraction of sp³-hybridized carbons (Fsp3) is 0. The molecule has 0 aliphatic heterocycles. The van der Waals surface area contributed by atoms with Crippen molar-refractivity contribution in [3.05, 3.63) is 79.3 Å². The molecule has 106 valence electrons. The standard InChI is InChI=1S/C15H9BrClNO3/c16-12-3-1-2-10(8-12)4-7-15(19)11-5-6-13(17)14(9-11)18(20)21/h1-9H/b7-4+. The zero-order chi connectivity index (χ0) is 15.4. The van der Waals surface area contributed by atoms with E-state index in [-0.39, 0.29) is 22.1 Å². The maximum Gasteiger partial charge on any atom is 0.288 e. The van der Waals surface area contributed by atoms with Crippen LogP contribution in [0.1, 0.15) is 15.9 Å². The molecule has 0 N–H and O–H groups in total. The molecule has 0 heterocycles. The Balaban J connectivity index is 2.25. The molecule has 6 heteroatoms. The van der Waals surface area contributed by atoms with E-state index < -0.39 is 4.92 Å². The van der Waals surface area contributed by atoms with E-state index in [1.165, 1.54) is 24.3 Å². The van der Waals surface area contributed by atoms with Crippen molar-refractivity contribution in [2.24, 2.45) is 0 Å². The smallest absolute Gasteiger partial charge is 0.288 e. The molecule has 0 aliphatic rings. The Kier molecular flexibility index (Phi) is 4.88. The average Bonchev–Trinajstić information content (AvgIpc) is 2.45. The number of nitro benzene ring substituents is 1. The number of benzene rings is 2. The molecule has 0 radical (unpaired) electrons. The number of hydrogen-bond donors (Lipinski definition) is 0. The zero-order valence-electron chi connectivity index (χ0n) is 10.6. The highest BCUT2D eigenvalue weighted by Crippen LogP contribution is 2.25. The van der Waals surface area contributed by atoms with Gasteiger partial charge in [-0.3, -0.25) is 14.9 Å². The van der Waals surface area contributed by atoms with Gasteiger partial charge in [-0.15, -0.1) is 0 Å². The Bertz CT molecular complexity index is 743. The van der Waals surface area contributed by atoms with E-state index in [4.69, 9.17) is 11.6 Å². The third-order valence-corrected chi connectivity index (χ3v) is 3.52. The van der Waals surface area contributed by atoms with Gasteiger partial charge in [0.2, 0.25) is 0 Å². The second-order valence-electron chi connectivity index (χ2n) is 4.18. The van der Waals surface area contributed by atoms with E-state index >= 15 is 0 Å². The summed E-state index contributed by atoms with van der Waals surface area (Å²) in [6.07, 6.45) is 3.02. The van der Waals surface area contributed by atoms with Gasteiger partial charge >= 0.3 is 0 Å². The van der Waals surface area contributed by atoms with Gasteiger partial charge in [-0.1, -0.05) is 45.7 Å². The number of carbonyl (C=O) groups excluding carboxylic acids is 1. The topological polar surface area (TPSA) is 60.2 Å². The normalized spacial score (nSPS) is 10.8. The van der Waals surface area contributed by atoms with Gasteiger partial charge in [-0.05, 0) is 35.9 Å². The van der Waals surface area contributed by atoms with Crippen LogP contribution in [0.2, 0.25) is 5.02 Å². The summed E-state index contributed by atoms with van der Waals surface area (Å²) in [7, 11) is 0. The maximum atomic E-state index is 12.0. The van der Waals surface area contributed by atoms with Crippen LogP contribution in [0.5, 0.6) is 0 Å². The monoisotopic (exact) mass is 365 g/mol. The van der Waals surface area contributed by atoms with Gasteiger partial charge in [-0.2, -0.15) is 0 Å². The van der Waals surface area contributed by atoms with E-state index in [2.05, 4.69) is 15.9 Å². The number of nitrogens with zero attached hydrogens (tertiary/aromatic N) is 1. The van der Waals surface area contributed by atoms with E-state index in [0.717, 1.165) is 10.0 Å². The molecule has 0 amide bonds. The lowest BCUT2D eigenvalue weighted by atomic mass is 10.1. The van der Waals surface area contributed by atoms with Gasteiger partial charge in [0.05, 0.1) is 4.92 Å². The summed E-state index contributed by atoms with van der Waals surface area (Å²) in [5, 5.41) is 10.8. The molecule has 0 atom stereocenters. The van der Waals surface area contributed by atoms with Crippen molar-refractivity contribution >= 4 is 45.1 Å². The summed E-state index contributed by atoms with van der Waals surface area (Å²) < 4.78 is 0.902. The molecular weight excluding hydrogens is 358 g/mol. The summed E-state index contributed by atoms with van der Waals surface area (Å²) in [4.78, 5) is 22.2. The second-order valence-corrected chi connectivity index (χ2v) is 5.50. The van der Waals surface area contributed by atoms with Crippen LogP contribution in [0, 0.1) is 10.1 Å². The maximum absolute atomic E-state index is 12.0. The van der Waals surface area contributed by atoms with Crippen molar-refractivity contribution in [1.82, 2.24) is 0 Å². The largest absolute Gasteiger partial charge is 0.289 e. The number of nitro groups is 1. The molecule has 0 spiro atoms. The number of hydrogen-bond acceptors (Lipinski definition) is 3. The predicted octanol–water partition coefficient (Wildman–Crippen LogP) is 4.91. The summed E-state index contributed by atoms with van der Waals surface area (Å²) >= 11 is 9.05. The van der Waals surface area contributed by atoms with Gasteiger partial charge < -0.3 is 0 Å². The number of allylic oxidation sites excluding steroid dienone is 1. The molecule has 0 aromatic heterocycles. The first kappa shape index (κ1) is 15.4. The highest BCUT2D eigenvalue weighted by molar-refractivity contribution is 9.10. The highest BCUT2D eigenvalue weighted by Gasteiger charge is 2.14. The minimum absolute atomic E-state index is 0.00696. The minimum Gasteiger partial charge on any atom is -0.289 e. The molecule has 0 fully saturated rings. The SMILES string of the molecule is O=C(/C=C/c1cccc(Br)c1)c1ccc(Cl)c([N+](=O)[O-])c1. The van der Waals surface area contributed by atoms with Crippen LogP contribution in [0.25, 0.3) is 6.08 Å². The lowest BCUT2D eigenvalue weighted by Gasteiger charge is -1.99. The Morgan fingerprint density at radius 2 is 2.00 bits per heavy atom. The van der Waals surface area contributed by atoms with Crippen molar-refractivity contribution in [2.45, 2.75) is 0 Å². The summed E-state index contributed by atoms with van der Waals surface area (Å²) in [5.74, 6) is -0.324. The van der Waals surface area contributed by atoms with Crippen molar-refractivity contribution < 1.29 is 9.72 Å². The van der Waals surface area contributed by atoms with Gasteiger partial charge in [0.15, 0.2) is 5.78 Å². The van der Waals surface area contributed by atoms with Gasteiger partial charge in [0, 0.05) is 16.1 Å². The first-order valence-corrected chi connectivity index (χ1v) is 7.06. The van der Waals surface area contributed by atoms with Gasteiger partial charge in [-0.25, -0.2) is 0 Å². The Hall–Kier alpha value is -1.98. The zero-order valence-corrected chi connectivity index (χ0v) is 13.0. The van der Waals surface area contributed by atoms with Crippen molar-refractivity contribution in [1.29, 1.82) is 0 Å². The molecule has 21 heavy (non-hydrogen) atoms. The number of rotatable bonds is 4. The van der Waals surface area contributed by atoms with Crippen LogP contribution in [0.15, 0.2) is 53.0 Å². The second kappa shape index (κ2) is 6.65. The molecule has 2 rings (SSSR count). The number of ketones is 1. The predicted molar refractivity (Wildman–Crippen MR) is 85.6 cm³/mol. The third kappa shape index (κ3) is 4.00. The quantitative estimate of drug-likeness (QED) is 0.334. The Labute approximate surface area is 134 Å². The lowest BCUT2D eigenvalue weighted by molar-refractivity contribution is -0.384. The fourth-order valence-corrected chi connectivity index (χ4v) is 2.29. The van der Waals surface area contributed by atoms with E-state index in [9.17, 15) is 14.9 Å². The molecule has 0 aliphatic carbocycles. The van der Waals surface area contributed by atoms with Crippen LogP contribution in [-0.2, 0) is 0 Å². The van der Waals surface area contributed by atoms with Crippen molar-refractivity contribution in [2.75, 3.05) is 0 Å².